The summed E-state index contributed by atoms with van der Waals surface area (Å²) < 4.78 is 1.68. The highest BCUT2D eigenvalue weighted by Crippen LogP contribution is 2.20. The lowest BCUT2D eigenvalue weighted by Gasteiger charge is -2.20. The molecule has 2 N–H and O–H groups in total. The summed E-state index contributed by atoms with van der Waals surface area (Å²) in [5, 5.41) is 6.33. The van der Waals surface area contributed by atoms with Crippen molar-refractivity contribution in [3.05, 3.63) is 33.8 Å². The third-order valence-corrected chi connectivity index (χ3v) is 4.13. The van der Waals surface area contributed by atoms with Crippen LogP contribution in [0.15, 0.2) is 17.5 Å². The van der Waals surface area contributed by atoms with Gasteiger partial charge < -0.3 is 10.6 Å². The quantitative estimate of drug-likeness (QED) is 0.921. The van der Waals surface area contributed by atoms with E-state index in [-0.39, 0.29) is 5.91 Å². The van der Waals surface area contributed by atoms with Gasteiger partial charge >= 0.3 is 0 Å². The summed E-state index contributed by atoms with van der Waals surface area (Å²) in [7, 11) is 0. The van der Waals surface area contributed by atoms with Crippen LogP contribution >= 0.6 is 11.3 Å². The van der Waals surface area contributed by atoms with Crippen molar-refractivity contribution in [3.8, 4) is 0 Å². The van der Waals surface area contributed by atoms with E-state index in [0.29, 0.717) is 36.7 Å². The molecule has 6 heteroatoms. The van der Waals surface area contributed by atoms with Crippen LogP contribution in [0.25, 0.3) is 0 Å². The summed E-state index contributed by atoms with van der Waals surface area (Å²) >= 11 is 1.65. The van der Waals surface area contributed by atoms with Crippen molar-refractivity contribution < 1.29 is 4.79 Å². The fourth-order valence-corrected chi connectivity index (χ4v) is 2.84. The van der Waals surface area contributed by atoms with Gasteiger partial charge in [0.2, 0.25) is 0 Å². The molecule has 0 atom stereocenters. The number of hydrogen-bond acceptors (Lipinski definition) is 4. The lowest BCUT2D eigenvalue weighted by atomic mass is 10.2. The second-order valence-corrected chi connectivity index (χ2v) is 5.59. The molecule has 0 radical (unpaired) electrons. The summed E-state index contributed by atoms with van der Waals surface area (Å²) in [6.07, 6.45) is 0. The topological polar surface area (TPSA) is 64.2 Å². The zero-order chi connectivity index (χ0) is 14.7. The van der Waals surface area contributed by atoms with Crippen LogP contribution in [0, 0.1) is 6.92 Å². The predicted molar refractivity (Wildman–Crippen MR) is 81.8 cm³/mol. The molecule has 0 aromatic carbocycles. The zero-order valence-corrected chi connectivity index (χ0v) is 12.9. The van der Waals surface area contributed by atoms with Crippen molar-refractivity contribution in [2.45, 2.75) is 33.9 Å². The number of amides is 1. The van der Waals surface area contributed by atoms with Gasteiger partial charge in [-0.2, -0.15) is 5.10 Å². The maximum Gasteiger partial charge on any atom is 0.274 e. The molecule has 0 aliphatic carbocycles. The average molecular weight is 292 g/mol. The van der Waals surface area contributed by atoms with E-state index in [1.807, 2.05) is 38.3 Å². The number of thiophene rings is 1. The molecule has 2 heterocycles. The highest BCUT2D eigenvalue weighted by molar-refractivity contribution is 7.09. The largest absolute Gasteiger partial charge is 0.395 e. The molecule has 1 amide bonds. The molecule has 0 aliphatic heterocycles. The summed E-state index contributed by atoms with van der Waals surface area (Å²) in [5.41, 5.74) is 7.72. The van der Waals surface area contributed by atoms with Crippen molar-refractivity contribution in [3.63, 3.8) is 0 Å². The number of aromatic nitrogens is 2. The molecule has 108 valence electrons. The number of hydrogen-bond donors (Lipinski definition) is 1. The SMILES string of the molecule is CCN(Cc1cccs1)C(=O)c1c(N)c(C)nn1CC. The minimum absolute atomic E-state index is 0.0548. The molecule has 0 unspecified atom stereocenters. The van der Waals surface area contributed by atoms with Crippen molar-refractivity contribution in [2.24, 2.45) is 0 Å². The first kappa shape index (κ1) is 14.6. The molecule has 0 bridgehead atoms. The Kier molecular flexibility index (Phi) is 4.44. The van der Waals surface area contributed by atoms with Crippen LogP contribution in [-0.4, -0.2) is 27.1 Å². The Labute approximate surface area is 123 Å². The molecular weight excluding hydrogens is 272 g/mol. The molecule has 0 fully saturated rings. The van der Waals surface area contributed by atoms with Gasteiger partial charge in [0.25, 0.3) is 5.91 Å². The number of nitrogens with zero attached hydrogens (tertiary/aromatic N) is 3. The third kappa shape index (κ3) is 2.70. The minimum Gasteiger partial charge on any atom is -0.395 e. The van der Waals surface area contributed by atoms with Gasteiger partial charge in [0.05, 0.1) is 17.9 Å². The zero-order valence-electron chi connectivity index (χ0n) is 12.1. The van der Waals surface area contributed by atoms with E-state index in [4.69, 9.17) is 5.73 Å². The fourth-order valence-electron chi connectivity index (χ4n) is 2.12. The molecule has 2 aromatic rings. The molecule has 0 aliphatic rings. The van der Waals surface area contributed by atoms with Gasteiger partial charge in [0.1, 0.15) is 5.69 Å². The van der Waals surface area contributed by atoms with E-state index < -0.39 is 0 Å². The first-order valence-corrected chi connectivity index (χ1v) is 7.60. The van der Waals surface area contributed by atoms with Crippen LogP contribution in [0.3, 0.4) is 0 Å². The van der Waals surface area contributed by atoms with E-state index in [2.05, 4.69) is 5.10 Å². The molecule has 2 rings (SSSR count). The van der Waals surface area contributed by atoms with E-state index in [1.54, 1.807) is 20.9 Å². The first-order valence-electron chi connectivity index (χ1n) is 6.73. The fraction of sp³-hybridized carbons (Fsp3) is 0.429. The van der Waals surface area contributed by atoms with Gasteiger partial charge in [-0.15, -0.1) is 11.3 Å². The molecule has 0 saturated carbocycles. The van der Waals surface area contributed by atoms with Gasteiger partial charge in [0, 0.05) is 18.0 Å². The van der Waals surface area contributed by atoms with Crippen LogP contribution < -0.4 is 5.73 Å². The predicted octanol–water partition coefficient (Wildman–Crippen LogP) is 2.52. The monoisotopic (exact) mass is 292 g/mol. The number of anilines is 1. The highest BCUT2D eigenvalue weighted by atomic mass is 32.1. The molecular formula is C14H20N4OS. The van der Waals surface area contributed by atoms with Crippen molar-refractivity contribution in [2.75, 3.05) is 12.3 Å². The van der Waals surface area contributed by atoms with Gasteiger partial charge in [0.15, 0.2) is 0 Å². The Morgan fingerprint density at radius 1 is 1.50 bits per heavy atom. The summed E-state index contributed by atoms with van der Waals surface area (Å²) in [6.45, 7) is 7.65. The molecule has 0 spiro atoms. The van der Waals surface area contributed by atoms with E-state index >= 15 is 0 Å². The Morgan fingerprint density at radius 2 is 2.25 bits per heavy atom. The minimum atomic E-state index is -0.0548. The van der Waals surface area contributed by atoms with Gasteiger partial charge in [-0.25, -0.2) is 0 Å². The lowest BCUT2D eigenvalue weighted by Crippen LogP contribution is -2.32. The second kappa shape index (κ2) is 6.09. The van der Waals surface area contributed by atoms with E-state index in [9.17, 15) is 4.79 Å². The number of nitrogen functional groups attached to an aromatic ring is 1. The standard InChI is InChI=1S/C14H20N4OS/c1-4-17(9-11-7-6-8-20-11)14(19)13-12(15)10(3)16-18(13)5-2/h6-8H,4-5,9,15H2,1-3H3. The van der Waals surface area contributed by atoms with Gasteiger partial charge in [-0.05, 0) is 32.2 Å². The van der Waals surface area contributed by atoms with E-state index in [1.165, 1.54) is 0 Å². The van der Waals surface area contributed by atoms with Crippen LogP contribution in [0.4, 0.5) is 5.69 Å². The smallest absolute Gasteiger partial charge is 0.274 e. The highest BCUT2D eigenvalue weighted by Gasteiger charge is 2.23. The Bertz CT molecular complexity index is 589. The first-order chi connectivity index (χ1) is 9.58. The molecule has 5 nitrogen and oxygen atoms in total. The molecule has 20 heavy (non-hydrogen) atoms. The van der Waals surface area contributed by atoms with Crippen LogP contribution in [0.2, 0.25) is 0 Å². The van der Waals surface area contributed by atoms with E-state index in [0.717, 1.165) is 4.88 Å². The maximum absolute atomic E-state index is 12.7. The normalized spacial score (nSPS) is 10.8. The molecule has 0 saturated heterocycles. The summed E-state index contributed by atoms with van der Waals surface area (Å²) in [5.74, 6) is -0.0548. The maximum atomic E-state index is 12.7. The van der Waals surface area contributed by atoms with Crippen molar-refractivity contribution in [1.29, 1.82) is 0 Å². The second-order valence-electron chi connectivity index (χ2n) is 4.56. The Balaban J connectivity index is 2.29. The van der Waals surface area contributed by atoms with Crippen LogP contribution in [0.5, 0.6) is 0 Å². The Morgan fingerprint density at radius 3 is 2.80 bits per heavy atom. The van der Waals surface area contributed by atoms with Crippen LogP contribution in [0.1, 0.15) is 34.9 Å². The molecule has 2 aromatic heterocycles. The number of carbonyl (C=O) groups is 1. The number of carbonyl (C=O) groups excluding carboxylic acids is 1. The van der Waals surface area contributed by atoms with Gasteiger partial charge in [-0.1, -0.05) is 6.07 Å². The third-order valence-electron chi connectivity index (χ3n) is 3.27. The Hall–Kier alpha value is -1.82. The number of aryl methyl sites for hydroxylation is 2. The lowest BCUT2D eigenvalue weighted by molar-refractivity contribution is 0.0743. The number of nitrogens with two attached hydrogens (primary N) is 1. The average Bonchev–Trinajstić information content (AvgIpc) is 3.04. The summed E-state index contributed by atoms with van der Waals surface area (Å²) in [6, 6.07) is 4.03. The van der Waals surface area contributed by atoms with Gasteiger partial charge in [-0.3, -0.25) is 9.48 Å². The summed E-state index contributed by atoms with van der Waals surface area (Å²) in [4.78, 5) is 15.7. The van der Waals surface area contributed by atoms with Crippen LogP contribution in [-0.2, 0) is 13.1 Å². The van der Waals surface area contributed by atoms with Crippen molar-refractivity contribution >= 4 is 22.9 Å². The van der Waals surface area contributed by atoms with Crippen molar-refractivity contribution in [1.82, 2.24) is 14.7 Å². The number of rotatable bonds is 5.